The first-order valence-corrected chi connectivity index (χ1v) is 11.2. The van der Waals surface area contributed by atoms with Gasteiger partial charge in [-0.15, -0.1) is 11.3 Å². The first kappa shape index (κ1) is 18.0. The lowest BCUT2D eigenvalue weighted by atomic mass is 9.88. The molecule has 28 heavy (non-hydrogen) atoms. The third kappa shape index (κ3) is 3.87. The first-order chi connectivity index (χ1) is 13.8. The van der Waals surface area contributed by atoms with Gasteiger partial charge in [-0.3, -0.25) is 4.90 Å². The molecular weight excluding hydrogens is 364 g/mol. The highest BCUT2D eigenvalue weighted by Gasteiger charge is 2.23. The second-order valence-corrected chi connectivity index (χ2v) is 9.11. The number of hydrogen-bond acceptors (Lipinski definition) is 5. The van der Waals surface area contributed by atoms with Crippen LogP contribution in [0.2, 0.25) is 0 Å². The second kappa shape index (κ2) is 8.10. The Balaban J connectivity index is 1.25. The van der Waals surface area contributed by atoms with Crippen molar-refractivity contribution in [2.24, 2.45) is 0 Å². The fourth-order valence-corrected chi connectivity index (χ4v) is 5.36. The molecule has 2 aromatic heterocycles. The fraction of sp³-hybridized carbons (Fsp3) is 0.435. The monoisotopic (exact) mass is 390 g/mol. The summed E-state index contributed by atoms with van der Waals surface area (Å²) in [7, 11) is 0. The van der Waals surface area contributed by atoms with E-state index in [1.807, 2.05) is 12.3 Å². The molecule has 3 heterocycles. The van der Waals surface area contributed by atoms with Gasteiger partial charge in [0.2, 0.25) is 0 Å². The normalized spacial score (nSPS) is 18.1. The van der Waals surface area contributed by atoms with Crippen LogP contribution in [-0.4, -0.2) is 26.4 Å². The summed E-state index contributed by atoms with van der Waals surface area (Å²) < 4.78 is 0. The molecule has 0 bridgehead atoms. The molecule has 0 unspecified atom stereocenters. The van der Waals surface area contributed by atoms with Crippen LogP contribution in [0.25, 0.3) is 10.6 Å². The molecule has 0 amide bonds. The molecule has 0 N–H and O–H groups in total. The molecular formula is C23H26N4S. The summed E-state index contributed by atoms with van der Waals surface area (Å²) in [5.74, 6) is 1.69. The van der Waals surface area contributed by atoms with Crippen molar-refractivity contribution in [3.05, 3.63) is 64.7 Å². The third-order valence-electron chi connectivity index (χ3n) is 5.96. The van der Waals surface area contributed by atoms with Crippen molar-refractivity contribution in [1.82, 2.24) is 19.9 Å². The van der Waals surface area contributed by atoms with Crippen LogP contribution in [0.4, 0.5) is 0 Å². The van der Waals surface area contributed by atoms with E-state index in [-0.39, 0.29) is 0 Å². The predicted molar refractivity (Wildman–Crippen MR) is 113 cm³/mol. The molecule has 2 aliphatic rings. The summed E-state index contributed by atoms with van der Waals surface area (Å²) >= 11 is 1.80. The average molecular weight is 391 g/mol. The van der Waals surface area contributed by atoms with Crippen molar-refractivity contribution >= 4 is 11.3 Å². The zero-order chi connectivity index (χ0) is 18.8. The maximum Gasteiger partial charge on any atom is 0.131 e. The quantitative estimate of drug-likeness (QED) is 0.613. The van der Waals surface area contributed by atoms with Gasteiger partial charge in [-0.2, -0.15) is 0 Å². The topological polar surface area (TPSA) is 41.9 Å². The van der Waals surface area contributed by atoms with Crippen LogP contribution in [-0.2, 0) is 19.5 Å². The standard InChI is InChI=1S/C23H26N4S/c1-3-7-17(8-4-1)22-24-13-19-15-27(12-11-21(19)26-22)16-20-14-25-23(28-20)18-9-5-2-6-10-18/h2,5-6,9-10,13-14,17H,1,3-4,7-8,11-12,15-16H2. The van der Waals surface area contributed by atoms with E-state index >= 15 is 0 Å². The van der Waals surface area contributed by atoms with Crippen molar-refractivity contribution < 1.29 is 0 Å². The van der Waals surface area contributed by atoms with Crippen molar-refractivity contribution in [2.45, 2.75) is 57.5 Å². The van der Waals surface area contributed by atoms with E-state index in [4.69, 9.17) is 9.97 Å². The molecule has 5 heteroatoms. The predicted octanol–water partition coefficient (Wildman–Crippen LogP) is 5.21. The summed E-state index contributed by atoms with van der Waals surface area (Å²) in [6, 6.07) is 10.4. The van der Waals surface area contributed by atoms with Gasteiger partial charge >= 0.3 is 0 Å². The van der Waals surface area contributed by atoms with Gasteiger partial charge in [0.05, 0.1) is 0 Å². The van der Waals surface area contributed by atoms with Crippen LogP contribution >= 0.6 is 11.3 Å². The zero-order valence-electron chi connectivity index (χ0n) is 16.2. The number of fused-ring (bicyclic) bond motifs is 1. The van der Waals surface area contributed by atoms with Crippen LogP contribution in [0.3, 0.4) is 0 Å². The molecule has 1 aliphatic heterocycles. The van der Waals surface area contributed by atoms with E-state index < -0.39 is 0 Å². The Morgan fingerprint density at radius 1 is 1.00 bits per heavy atom. The second-order valence-electron chi connectivity index (χ2n) is 7.99. The van der Waals surface area contributed by atoms with Gasteiger partial charge in [0.15, 0.2) is 0 Å². The Labute approximate surface area is 170 Å². The lowest BCUT2D eigenvalue weighted by Crippen LogP contribution is -2.31. The number of benzene rings is 1. The SMILES string of the molecule is c1ccc(-c2ncc(CN3CCc4nc(C5CCCCC5)ncc4C3)s2)cc1. The Hall–Kier alpha value is -2.11. The van der Waals surface area contributed by atoms with Gasteiger partial charge in [-0.05, 0) is 12.8 Å². The van der Waals surface area contributed by atoms with Gasteiger partial charge in [-0.1, -0.05) is 49.6 Å². The molecule has 1 aliphatic carbocycles. The minimum Gasteiger partial charge on any atom is -0.293 e. The maximum absolute atomic E-state index is 4.97. The molecule has 5 rings (SSSR count). The number of thiazole rings is 1. The van der Waals surface area contributed by atoms with Crippen LogP contribution in [0, 0.1) is 0 Å². The van der Waals surface area contributed by atoms with Crippen molar-refractivity contribution in [3.63, 3.8) is 0 Å². The van der Waals surface area contributed by atoms with Gasteiger partial charge in [-0.25, -0.2) is 15.0 Å². The van der Waals surface area contributed by atoms with Crippen LogP contribution in [0.1, 0.15) is 60.0 Å². The van der Waals surface area contributed by atoms with Crippen molar-refractivity contribution in [1.29, 1.82) is 0 Å². The van der Waals surface area contributed by atoms with Gasteiger partial charge in [0.1, 0.15) is 10.8 Å². The Morgan fingerprint density at radius 2 is 1.86 bits per heavy atom. The molecule has 144 valence electrons. The van der Waals surface area contributed by atoms with E-state index in [9.17, 15) is 0 Å². The number of aromatic nitrogens is 3. The van der Waals surface area contributed by atoms with Gasteiger partial charge in [0, 0.05) is 66.1 Å². The largest absolute Gasteiger partial charge is 0.293 e. The summed E-state index contributed by atoms with van der Waals surface area (Å²) in [5, 5.41) is 1.11. The van der Waals surface area contributed by atoms with E-state index in [1.54, 1.807) is 11.3 Å². The van der Waals surface area contributed by atoms with E-state index in [1.165, 1.54) is 53.8 Å². The van der Waals surface area contributed by atoms with Crippen LogP contribution in [0.5, 0.6) is 0 Å². The molecule has 0 radical (unpaired) electrons. The van der Waals surface area contributed by atoms with Crippen molar-refractivity contribution in [2.75, 3.05) is 6.54 Å². The highest BCUT2D eigenvalue weighted by molar-refractivity contribution is 7.15. The number of nitrogens with zero attached hydrogens (tertiary/aromatic N) is 4. The smallest absolute Gasteiger partial charge is 0.131 e. The molecule has 3 aromatic rings. The van der Waals surface area contributed by atoms with E-state index in [0.717, 1.165) is 36.9 Å². The van der Waals surface area contributed by atoms with Gasteiger partial charge < -0.3 is 0 Å². The highest BCUT2D eigenvalue weighted by atomic mass is 32.1. The molecule has 0 saturated heterocycles. The summed E-state index contributed by atoms with van der Waals surface area (Å²) in [5.41, 5.74) is 3.78. The highest BCUT2D eigenvalue weighted by Crippen LogP contribution is 2.32. The minimum absolute atomic E-state index is 0.589. The lowest BCUT2D eigenvalue weighted by molar-refractivity contribution is 0.244. The molecule has 1 saturated carbocycles. The Kier molecular flexibility index (Phi) is 5.19. The fourth-order valence-electron chi connectivity index (χ4n) is 4.40. The minimum atomic E-state index is 0.589. The van der Waals surface area contributed by atoms with E-state index in [0.29, 0.717) is 5.92 Å². The van der Waals surface area contributed by atoms with Crippen LogP contribution < -0.4 is 0 Å². The Bertz CT molecular complexity index is 931. The third-order valence-corrected chi connectivity index (χ3v) is 6.99. The first-order valence-electron chi connectivity index (χ1n) is 10.4. The Morgan fingerprint density at radius 3 is 2.71 bits per heavy atom. The van der Waals surface area contributed by atoms with E-state index in [2.05, 4.69) is 40.3 Å². The molecule has 1 fully saturated rings. The van der Waals surface area contributed by atoms with Crippen molar-refractivity contribution in [3.8, 4) is 10.6 Å². The summed E-state index contributed by atoms with van der Waals surface area (Å²) in [6.45, 7) is 2.96. The van der Waals surface area contributed by atoms with Gasteiger partial charge in [0.25, 0.3) is 0 Å². The molecule has 1 aromatic carbocycles. The lowest BCUT2D eigenvalue weighted by Gasteiger charge is -2.28. The summed E-state index contributed by atoms with van der Waals surface area (Å²) in [6.07, 6.45) is 11.7. The maximum atomic E-state index is 4.97. The average Bonchev–Trinajstić information content (AvgIpc) is 3.23. The molecule has 4 nitrogen and oxygen atoms in total. The number of rotatable bonds is 4. The number of hydrogen-bond donors (Lipinski definition) is 0. The zero-order valence-corrected chi connectivity index (χ0v) is 17.0. The summed E-state index contributed by atoms with van der Waals surface area (Å²) in [4.78, 5) is 18.2. The van der Waals surface area contributed by atoms with Crippen LogP contribution in [0.15, 0.2) is 42.7 Å². The molecule has 0 atom stereocenters. The molecule has 0 spiro atoms.